The van der Waals surface area contributed by atoms with E-state index in [1.54, 1.807) is 22.6 Å². The van der Waals surface area contributed by atoms with Crippen molar-refractivity contribution in [1.29, 1.82) is 0 Å². The van der Waals surface area contributed by atoms with Gasteiger partial charge in [-0.2, -0.15) is 8.78 Å². The number of benzene rings is 2. The molecule has 2 aromatic rings. The van der Waals surface area contributed by atoms with Crippen molar-refractivity contribution in [2.75, 3.05) is 6.54 Å². The highest BCUT2D eigenvalue weighted by atomic mass is 127. The Morgan fingerprint density at radius 1 is 1.18 bits per heavy atom. The molecular weight excluding hydrogens is 430 g/mol. The summed E-state index contributed by atoms with van der Waals surface area (Å²) in [5.74, 6) is -4.91. The van der Waals surface area contributed by atoms with Gasteiger partial charge < -0.3 is 5.32 Å². The first kappa shape index (κ1) is 17.1. The molecule has 0 aliphatic rings. The van der Waals surface area contributed by atoms with E-state index in [2.05, 4.69) is 5.32 Å². The molecule has 2 aromatic carbocycles. The zero-order chi connectivity index (χ0) is 16.3. The second-order valence-corrected chi connectivity index (χ2v) is 6.09. The summed E-state index contributed by atoms with van der Waals surface area (Å²) in [5, 5.41) is 2.40. The minimum Gasteiger partial charge on any atom is -0.345 e. The Bertz CT molecular complexity index is 671. The van der Waals surface area contributed by atoms with Crippen LogP contribution in [-0.2, 0) is 5.92 Å². The number of carbonyl (C=O) groups excluding carboxylic acids is 1. The van der Waals surface area contributed by atoms with Gasteiger partial charge in [0.25, 0.3) is 11.8 Å². The average Bonchev–Trinajstić information content (AvgIpc) is 2.45. The molecule has 0 fully saturated rings. The molecule has 22 heavy (non-hydrogen) atoms. The van der Waals surface area contributed by atoms with E-state index in [-0.39, 0.29) is 11.1 Å². The van der Waals surface area contributed by atoms with Gasteiger partial charge in [-0.3, -0.25) is 4.79 Å². The summed E-state index contributed by atoms with van der Waals surface area (Å²) in [5.41, 5.74) is -0.518. The van der Waals surface area contributed by atoms with Crippen molar-refractivity contribution in [1.82, 2.24) is 5.32 Å². The standard InChI is InChI=1S/C15H10ClF3INO/c16-10-6-4-9(5-7-10)15(18,19)8-21-14(22)13-11(17)2-1-3-12(13)20/h1-7H,8H2,(H,21,22). The van der Waals surface area contributed by atoms with E-state index in [9.17, 15) is 18.0 Å². The van der Waals surface area contributed by atoms with E-state index in [0.29, 0.717) is 8.59 Å². The second-order valence-electron chi connectivity index (χ2n) is 4.49. The highest BCUT2D eigenvalue weighted by molar-refractivity contribution is 14.1. The van der Waals surface area contributed by atoms with Crippen LogP contribution in [-0.4, -0.2) is 12.5 Å². The van der Waals surface area contributed by atoms with E-state index in [1.807, 2.05) is 0 Å². The third-order valence-electron chi connectivity index (χ3n) is 2.93. The molecule has 7 heteroatoms. The van der Waals surface area contributed by atoms with Crippen LogP contribution in [0, 0.1) is 9.39 Å². The van der Waals surface area contributed by atoms with Crippen LogP contribution in [0.2, 0.25) is 5.02 Å². The van der Waals surface area contributed by atoms with Gasteiger partial charge in [-0.05, 0) is 46.9 Å². The Hall–Kier alpha value is -1.28. The van der Waals surface area contributed by atoms with Crippen LogP contribution in [0.3, 0.4) is 0 Å². The maximum atomic E-state index is 14.0. The van der Waals surface area contributed by atoms with Gasteiger partial charge in [0.2, 0.25) is 0 Å². The van der Waals surface area contributed by atoms with Gasteiger partial charge in [-0.25, -0.2) is 4.39 Å². The first-order chi connectivity index (χ1) is 10.3. The average molecular weight is 440 g/mol. The number of hydrogen-bond donors (Lipinski definition) is 1. The molecule has 0 heterocycles. The fraction of sp³-hybridized carbons (Fsp3) is 0.133. The number of halogens is 5. The first-order valence-electron chi connectivity index (χ1n) is 6.17. The van der Waals surface area contributed by atoms with Crippen LogP contribution < -0.4 is 5.32 Å². The predicted octanol–water partition coefficient (Wildman–Crippen LogP) is 4.61. The Labute approximate surface area is 143 Å². The molecule has 0 spiro atoms. The molecule has 116 valence electrons. The Kier molecular flexibility index (Phi) is 5.33. The molecule has 1 N–H and O–H groups in total. The van der Waals surface area contributed by atoms with Gasteiger partial charge in [0.05, 0.1) is 12.1 Å². The van der Waals surface area contributed by atoms with Crippen molar-refractivity contribution < 1.29 is 18.0 Å². The summed E-state index contributed by atoms with van der Waals surface area (Å²) >= 11 is 7.42. The van der Waals surface area contributed by atoms with Gasteiger partial charge >= 0.3 is 0 Å². The van der Waals surface area contributed by atoms with Gasteiger partial charge in [-0.15, -0.1) is 0 Å². The van der Waals surface area contributed by atoms with Crippen LogP contribution in [0.4, 0.5) is 13.2 Å². The topological polar surface area (TPSA) is 29.1 Å². The molecule has 0 atom stereocenters. The van der Waals surface area contributed by atoms with E-state index >= 15 is 0 Å². The summed E-state index contributed by atoms with van der Waals surface area (Å²) < 4.78 is 42.0. The van der Waals surface area contributed by atoms with Crippen LogP contribution >= 0.6 is 34.2 Å². The third kappa shape index (κ3) is 3.92. The highest BCUT2D eigenvalue weighted by Gasteiger charge is 2.32. The molecule has 0 aliphatic carbocycles. The largest absolute Gasteiger partial charge is 0.345 e. The molecule has 0 saturated carbocycles. The lowest BCUT2D eigenvalue weighted by Crippen LogP contribution is -2.35. The van der Waals surface area contributed by atoms with E-state index in [4.69, 9.17) is 11.6 Å². The quantitative estimate of drug-likeness (QED) is 0.693. The SMILES string of the molecule is O=C(NCC(F)(F)c1ccc(Cl)cc1)c1c(F)cccc1I. The number of hydrogen-bond acceptors (Lipinski definition) is 1. The fourth-order valence-corrected chi connectivity index (χ4v) is 2.63. The monoisotopic (exact) mass is 439 g/mol. The maximum Gasteiger partial charge on any atom is 0.290 e. The molecule has 1 amide bonds. The smallest absolute Gasteiger partial charge is 0.290 e. The number of nitrogens with one attached hydrogen (secondary N) is 1. The molecule has 2 nitrogen and oxygen atoms in total. The summed E-state index contributed by atoms with van der Waals surface area (Å²) in [4.78, 5) is 11.9. The minimum atomic E-state index is -3.28. The van der Waals surface area contributed by atoms with Crippen LogP contribution in [0.5, 0.6) is 0 Å². The van der Waals surface area contributed by atoms with Crippen molar-refractivity contribution in [2.24, 2.45) is 0 Å². The first-order valence-corrected chi connectivity index (χ1v) is 7.63. The number of amides is 1. The zero-order valence-electron chi connectivity index (χ0n) is 11.0. The van der Waals surface area contributed by atoms with Crippen LogP contribution in [0.15, 0.2) is 42.5 Å². The molecule has 0 unspecified atom stereocenters. The molecule has 0 radical (unpaired) electrons. The summed E-state index contributed by atoms with van der Waals surface area (Å²) in [6.45, 7) is -0.933. The Morgan fingerprint density at radius 3 is 2.41 bits per heavy atom. The summed E-state index contributed by atoms with van der Waals surface area (Å²) in [7, 11) is 0. The van der Waals surface area contributed by atoms with Crippen molar-refractivity contribution in [3.8, 4) is 0 Å². The van der Waals surface area contributed by atoms with Gasteiger partial charge in [0.15, 0.2) is 0 Å². The number of alkyl halides is 2. The lowest BCUT2D eigenvalue weighted by molar-refractivity contribution is -0.00252. The summed E-state index contributed by atoms with van der Waals surface area (Å²) in [6, 6.07) is 9.11. The predicted molar refractivity (Wildman–Crippen MR) is 86.8 cm³/mol. The number of carbonyl (C=O) groups is 1. The van der Waals surface area contributed by atoms with Crippen molar-refractivity contribution in [2.45, 2.75) is 5.92 Å². The van der Waals surface area contributed by atoms with Gasteiger partial charge in [0, 0.05) is 14.2 Å². The maximum absolute atomic E-state index is 14.0. The lowest BCUT2D eigenvalue weighted by Gasteiger charge is -2.18. The van der Waals surface area contributed by atoms with Crippen molar-refractivity contribution in [3.05, 3.63) is 68.0 Å². The van der Waals surface area contributed by atoms with Crippen molar-refractivity contribution in [3.63, 3.8) is 0 Å². The lowest BCUT2D eigenvalue weighted by atomic mass is 10.1. The molecule has 0 aromatic heterocycles. The fourth-order valence-electron chi connectivity index (χ4n) is 1.79. The second kappa shape index (κ2) is 6.87. The Morgan fingerprint density at radius 2 is 1.82 bits per heavy atom. The van der Waals surface area contributed by atoms with Gasteiger partial charge in [-0.1, -0.05) is 29.8 Å². The summed E-state index contributed by atoms with van der Waals surface area (Å²) in [6.07, 6.45) is 0. The van der Waals surface area contributed by atoms with E-state index < -0.39 is 24.2 Å². The van der Waals surface area contributed by atoms with Crippen molar-refractivity contribution >= 4 is 40.1 Å². The molecular formula is C15H10ClF3INO. The van der Waals surface area contributed by atoms with E-state index in [1.165, 1.54) is 36.4 Å². The van der Waals surface area contributed by atoms with Crippen LogP contribution in [0.1, 0.15) is 15.9 Å². The highest BCUT2D eigenvalue weighted by Crippen LogP contribution is 2.28. The number of rotatable bonds is 4. The molecule has 2 rings (SSSR count). The van der Waals surface area contributed by atoms with E-state index in [0.717, 1.165) is 6.07 Å². The third-order valence-corrected chi connectivity index (χ3v) is 4.08. The molecule has 0 aliphatic heterocycles. The normalized spacial score (nSPS) is 11.3. The zero-order valence-corrected chi connectivity index (χ0v) is 14.0. The molecule has 0 bridgehead atoms. The van der Waals surface area contributed by atoms with Gasteiger partial charge in [0.1, 0.15) is 5.82 Å². The Balaban J connectivity index is 2.11. The molecule has 0 saturated heterocycles. The minimum absolute atomic E-state index is 0.241. The van der Waals surface area contributed by atoms with Crippen LogP contribution in [0.25, 0.3) is 0 Å².